The summed E-state index contributed by atoms with van der Waals surface area (Å²) in [6.45, 7) is 2.83. The molecule has 2 aromatic heterocycles. The van der Waals surface area contributed by atoms with Gasteiger partial charge >= 0.3 is 0 Å². The highest BCUT2D eigenvalue weighted by atomic mass is 32.1. The van der Waals surface area contributed by atoms with E-state index >= 15 is 0 Å². The van der Waals surface area contributed by atoms with Crippen molar-refractivity contribution in [2.45, 2.75) is 26.3 Å². The molecule has 0 aliphatic heterocycles. The van der Waals surface area contributed by atoms with E-state index in [9.17, 15) is 0 Å². The molecule has 15 heavy (non-hydrogen) atoms. The smallest absolute Gasteiger partial charge is 0.202 e. The Morgan fingerprint density at radius 1 is 1.53 bits per heavy atom. The predicted octanol–water partition coefficient (Wildman–Crippen LogP) is 1.83. The predicted molar refractivity (Wildman–Crippen MR) is 59.8 cm³/mol. The highest BCUT2D eigenvalue weighted by molar-refractivity contribution is 7.09. The van der Waals surface area contributed by atoms with Gasteiger partial charge in [-0.1, -0.05) is 6.92 Å². The second kappa shape index (κ2) is 4.88. The number of nitrogens with one attached hydrogen (secondary N) is 2. The van der Waals surface area contributed by atoms with E-state index < -0.39 is 0 Å². The summed E-state index contributed by atoms with van der Waals surface area (Å²) in [6.07, 6.45) is 5.49. The monoisotopic (exact) mass is 223 g/mol. The van der Waals surface area contributed by atoms with Gasteiger partial charge in [0.1, 0.15) is 5.82 Å². The van der Waals surface area contributed by atoms with Crippen LogP contribution in [0.25, 0.3) is 0 Å². The lowest BCUT2D eigenvalue weighted by molar-refractivity contribution is 0.860. The zero-order valence-corrected chi connectivity index (χ0v) is 9.34. The van der Waals surface area contributed by atoms with E-state index in [0.717, 1.165) is 29.5 Å². The van der Waals surface area contributed by atoms with Crippen molar-refractivity contribution in [2.24, 2.45) is 0 Å². The second-order valence-corrected chi connectivity index (χ2v) is 3.95. The molecule has 0 saturated heterocycles. The average molecular weight is 223 g/mol. The van der Waals surface area contributed by atoms with Gasteiger partial charge in [0.15, 0.2) is 0 Å². The maximum Gasteiger partial charge on any atom is 0.202 e. The molecule has 0 amide bonds. The fourth-order valence-electron chi connectivity index (χ4n) is 1.20. The van der Waals surface area contributed by atoms with Crippen LogP contribution in [0.15, 0.2) is 12.5 Å². The summed E-state index contributed by atoms with van der Waals surface area (Å²) in [5.74, 6) is 0.926. The van der Waals surface area contributed by atoms with Crippen LogP contribution in [0.3, 0.4) is 0 Å². The molecule has 0 saturated carbocycles. The van der Waals surface area contributed by atoms with Gasteiger partial charge in [-0.25, -0.2) is 9.97 Å². The Hall–Kier alpha value is -1.43. The molecule has 0 aliphatic carbocycles. The van der Waals surface area contributed by atoms with Crippen molar-refractivity contribution < 1.29 is 0 Å². The Kier molecular flexibility index (Phi) is 3.29. The zero-order valence-electron chi connectivity index (χ0n) is 8.53. The lowest BCUT2D eigenvalue weighted by Crippen LogP contribution is -1.99. The van der Waals surface area contributed by atoms with E-state index in [2.05, 4.69) is 31.6 Å². The zero-order chi connectivity index (χ0) is 10.5. The van der Waals surface area contributed by atoms with E-state index in [1.165, 1.54) is 11.5 Å². The molecule has 2 heterocycles. The first-order valence-electron chi connectivity index (χ1n) is 4.92. The van der Waals surface area contributed by atoms with Gasteiger partial charge in [0.05, 0.1) is 18.6 Å². The lowest BCUT2D eigenvalue weighted by atomic mass is 10.3. The Morgan fingerprint density at radius 2 is 2.47 bits per heavy atom. The minimum absolute atomic E-state index is 0.709. The summed E-state index contributed by atoms with van der Waals surface area (Å²) >= 11 is 1.40. The van der Waals surface area contributed by atoms with Gasteiger partial charge in [-0.05, 0) is 6.42 Å². The Morgan fingerprint density at radius 3 is 3.20 bits per heavy atom. The maximum atomic E-state index is 4.36. The van der Waals surface area contributed by atoms with Crippen LogP contribution in [0.4, 0.5) is 5.13 Å². The molecule has 0 fully saturated rings. The number of aromatic amines is 1. The molecule has 0 atom stereocenters. The molecule has 0 unspecified atom stereocenters. The van der Waals surface area contributed by atoms with Crippen LogP contribution < -0.4 is 5.32 Å². The highest BCUT2D eigenvalue weighted by Gasteiger charge is 2.02. The maximum absolute atomic E-state index is 4.36. The fraction of sp³-hybridized carbons (Fsp3) is 0.444. The fourth-order valence-corrected chi connectivity index (χ4v) is 1.81. The van der Waals surface area contributed by atoms with Gasteiger partial charge in [0.2, 0.25) is 5.13 Å². The molecule has 80 valence electrons. The summed E-state index contributed by atoms with van der Waals surface area (Å²) in [4.78, 5) is 11.3. The molecule has 2 rings (SSSR count). The molecule has 0 aromatic carbocycles. The summed E-state index contributed by atoms with van der Waals surface area (Å²) in [7, 11) is 0. The van der Waals surface area contributed by atoms with Crippen molar-refractivity contribution in [2.75, 3.05) is 5.32 Å². The summed E-state index contributed by atoms with van der Waals surface area (Å²) in [5.41, 5.74) is 1.04. The summed E-state index contributed by atoms with van der Waals surface area (Å²) in [5, 5.41) is 4.07. The second-order valence-electron chi connectivity index (χ2n) is 3.20. The molecule has 5 nitrogen and oxygen atoms in total. The van der Waals surface area contributed by atoms with Crippen molar-refractivity contribution in [3.05, 3.63) is 24.0 Å². The van der Waals surface area contributed by atoms with Gasteiger partial charge in [0, 0.05) is 24.2 Å². The van der Waals surface area contributed by atoms with E-state index in [1.807, 2.05) is 0 Å². The van der Waals surface area contributed by atoms with Crippen LogP contribution in [0.2, 0.25) is 0 Å². The quantitative estimate of drug-likeness (QED) is 0.811. The van der Waals surface area contributed by atoms with Gasteiger partial charge in [-0.2, -0.15) is 4.37 Å². The standard InChI is InChI=1S/C9H13N5S/c1-2-3-8-13-9(15-14-8)11-5-7-4-10-6-12-7/h4,6H,2-3,5H2,1H3,(H,10,12)(H,11,13,14). The molecule has 2 aromatic rings. The third-order valence-electron chi connectivity index (χ3n) is 1.93. The van der Waals surface area contributed by atoms with Crippen molar-refractivity contribution in [3.63, 3.8) is 0 Å². The van der Waals surface area contributed by atoms with Crippen molar-refractivity contribution in [3.8, 4) is 0 Å². The Labute approximate surface area is 92.1 Å². The molecule has 0 spiro atoms. The Balaban J connectivity index is 1.88. The molecule has 0 bridgehead atoms. The minimum atomic E-state index is 0.709. The van der Waals surface area contributed by atoms with Gasteiger partial charge in [-0.3, -0.25) is 0 Å². The summed E-state index contributed by atoms with van der Waals surface area (Å²) < 4.78 is 4.25. The van der Waals surface area contributed by atoms with E-state index in [-0.39, 0.29) is 0 Å². The van der Waals surface area contributed by atoms with E-state index in [4.69, 9.17) is 0 Å². The SMILES string of the molecule is CCCc1nsc(NCc2cnc[nH]2)n1. The normalized spacial score (nSPS) is 10.5. The van der Waals surface area contributed by atoms with Crippen LogP contribution in [0.1, 0.15) is 24.9 Å². The first kappa shape index (κ1) is 10.1. The van der Waals surface area contributed by atoms with Gasteiger partial charge in [-0.15, -0.1) is 0 Å². The highest BCUT2D eigenvalue weighted by Crippen LogP contribution is 2.12. The third-order valence-corrected chi connectivity index (χ3v) is 2.64. The first-order chi connectivity index (χ1) is 7.38. The van der Waals surface area contributed by atoms with Gasteiger partial charge < -0.3 is 10.3 Å². The summed E-state index contributed by atoms with van der Waals surface area (Å²) in [6, 6.07) is 0. The van der Waals surface area contributed by atoms with Crippen LogP contribution in [0.5, 0.6) is 0 Å². The van der Waals surface area contributed by atoms with Crippen molar-refractivity contribution in [1.82, 2.24) is 19.3 Å². The number of nitrogens with zero attached hydrogens (tertiary/aromatic N) is 3. The number of aromatic nitrogens is 4. The lowest BCUT2D eigenvalue weighted by Gasteiger charge is -1.97. The average Bonchev–Trinajstić information content (AvgIpc) is 2.85. The number of aryl methyl sites for hydroxylation is 1. The number of H-pyrrole nitrogens is 1. The largest absolute Gasteiger partial charge is 0.355 e. The van der Waals surface area contributed by atoms with Crippen molar-refractivity contribution in [1.29, 1.82) is 0 Å². The molecule has 2 N–H and O–H groups in total. The minimum Gasteiger partial charge on any atom is -0.355 e. The first-order valence-corrected chi connectivity index (χ1v) is 5.69. The molecule has 0 radical (unpaired) electrons. The number of hydrogen-bond donors (Lipinski definition) is 2. The van der Waals surface area contributed by atoms with Gasteiger partial charge in [0.25, 0.3) is 0 Å². The molecule has 6 heteroatoms. The van der Waals surface area contributed by atoms with E-state index in [0.29, 0.717) is 6.54 Å². The number of anilines is 1. The molecular weight excluding hydrogens is 210 g/mol. The third kappa shape index (κ3) is 2.76. The van der Waals surface area contributed by atoms with Crippen LogP contribution in [0, 0.1) is 0 Å². The number of hydrogen-bond acceptors (Lipinski definition) is 5. The van der Waals surface area contributed by atoms with Crippen LogP contribution in [-0.4, -0.2) is 19.3 Å². The number of rotatable bonds is 5. The molecular formula is C9H13N5S. The van der Waals surface area contributed by atoms with E-state index in [1.54, 1.807) is 12.5 Å². The van der Waals surface area contributed by atoms with Crippen LogP contribution in [-0.2, 0) is 13.0 Å². The molecule has 0 aliphatic rings. The number of imidazole rings is 1. The Bertz CT molecular complexity index is 394. The topological polar surface area (TPSA) is 66.5 Å². The van der Waals surface area contributed by atoms with Crippen LogP contribution >= 0.6 is 11.5 Å². The van der Waals surface area contributed by atoms with Crippen molar-refractivity contribution >= 4 is 16.7 Å².